The van der Waals surface area contributed by atoms with Gasteiger partial charge in [0.2, 0.25) is 6.10 Å². The van der Waals surface area contributed by atoms with Crippen molar-refractivity contribution < 1.29 is 19.1 Å². The molecule has 116 valence electrons. The summed E-state index contributed by atoms with van der Waals surface area (Å²) in [5.41, 5.74) is 1.27. The number of rotatable bonds is 4. The molecule has 3 aromatic rings. The Kier molecular flexibility index (Phi) is 4.01. The van der Waals surface area contributed by atoms with E-state index in [0.717, 1.165) is 5.39 Å². The maximum atomic E-state index is 12.5. The summed E-state index contributed by atoms with van der Waals surface area (Å²) in [6.45, 7) is 0. The zero-order chi connectivity index (χ0) is 16.2. The predicted molar refractivity (Wildman–Crippen MR) is 80.5 cm³/mol. The van der Waals surface area contributed by atoms with Crippen molar-refractivity contribution in [3.05, 3.63) is 60.0 Å². The number of aromatic amines is 1. The summed E-state index contributed by atoms with van der Waals surface area (Å²) in [6.07, 6.45) is 3.43. The van der Waals surface area contributed by atoms with Crippen molar-refractivity contribution in [2.75, 3.05) is 7.11 Å². The zero-order valence-corrected chi connectivity index (χ0v) is 12.2. The van der Waals surface area contributed by atoms with E-state index in [1.807, 2.05) is 6.07 Å². The number of benzene rings is 1. The molecule has 0 saturated carbocycles. The molecule has 0 amide bonds. The number of carbonyl (C=O) groups is 2. The number of nitrogens with zero attached hydrogens (tertiary/aromatic N) is 2. The molecule has 1 atom stereocenters. The van der Waals surface area contributed by atoms with Gasteiger partial charge in [-0.05, 0) is 12.1 Å². The fraction of sp³-hybridized carbons (Fsp3) is 0.125. The van der Waals surface area contributed by atoms with Gasteiger partial charge < -0.3 is 9.47 Å². The average molecular weight is 311 g/mol. The van der Waals surface area contributed by atoms with E-state index in [0.29, 0.717) is 11.1 Å². The van der Waals surface area contributed by atoms with Gasteiger partial charge in [0.25, 0.3) is 0 Å². The first-order valence-electron chi connectivity index (χ1n) is 6.81. The van der Waals surface area contributed by atoms with Gasteiger partial charge in [0, 0.05) is 23.3 Å². The van der Waals surface area contributed by atoms with Crippen LogP contribution in [0.2, 0.25) is 0 Å². The lowest BCUT2D eigenvalue weighted by molar-refractivity contribution is -0.151. The van der Waals surface area contributed by atoms with Crippen LogP contribution in [0.4, 0.5) is 0 Å². The topological polar surface area (TPSA) is 94.2 Å². The van der Waals surface area contributed by atoms with Gasteiger partial charge in [-0.15, -0.1) is 0 Å². The highest BCUT2D eigenvalue weighted by Crippen LogP contribution is 2.22. The molecule has 0 spiro atoms. The number of H-pyrrole nitrogens is 1. The standard InChI is InChI=1S/C16H13N3O4/c1-22-16(21)14(11-5-3-7-17-8-11)23-15(20)12-6-2-4-10-9-18-19-13(10)12/h2-9,14H,1H3,(H,18,19)/t14-/m1/s1. The Morgan fingerprint density at radius 1 is 1.17 bits per heavy atom. The first-order valence-corrected chi connectivity index (χ1v) is 6.81. The molecule has 2 aromatic heterocycles. The van der Waals surface area contributed by atoms with Gasteiger partial charge in [0.05, 0.1) is 24.4 Å². The number of pyridine rings is 1. The second kappa shape index (κ2) is 6.27. The molecule has 0 aliphatic rings. The molecular formula is C16H13N3O4. The molecule has 7 nitrogen and oxygen atoms in total. The zero-order valence-electron chi connectivity index (χ0n) is 12.2. The van der Waals surface area contributed by atoms with E-state index >= 15 is 0 Å². The normalized spacial score (nSPS) is 11.9. The van der Waals surface area contributed by atoms with Gasteiger partial charge in [-0.1, -0.05) is 18.2 Å². The van der Waals surface area contributed by atoms with Crippen molar-refractivity contribution in [1.29, 1.82) is 0 Å². The molecule has 23 heavy (non-hydrogen) atoms. The van der Waals surface area contributed by atoms with Crippen LogP contribution < -0.4 is 0 Å². The van der Waals surface area contributed by atoms with Gasteiger partial charge >= 0.3 is 11.9 Å². The van der Waals surface area contributed by atoms with Crippen molar-refractivity contribution in [3.63, 3.8) is 0 Å². The largest absolute Gasteiger partial charge is 0.466 e. The number of fused-ring (bicyclic) bond motifs is 1. The molecule has 0 saturated heterocycles. The minimum absolute atomic E-state index is 0.290. The maximum Gasteiger partial charge on any atom is 0.352 e. The summed E-state index contributed by atoms with van der Waals surface area (Å²) in [7, 11) is 1.23. The molecule has 0 fully saturated rings. The van der Waals surface area contributed by atoms with Crippen LogP contribution in [0.15, 0.2) is 48.9 Å². The fourth-order valence-corrected chi connectivity index (χ4v) is 2.20. The monoisotopic (exact) mass is 311 g/mol. The summed E-state index contributed by atoms with van der Waals surface area (Å²) < 4.78 is 10.1. The van der Waals surface area contributed by atoms with Crippen molar-refractivity contribution in [3.8, 4) is 0 Å². The summed E-state index contributed by atoms with van der Waals surface area (Å²) in [4.78, 5) is 28.3. The summed E-state index contributed by atoms with van der Waals surface area (Å²) in [6, 6.07) is 8.41. The molecule has 0 aliphatic heterocycles. The quantitative estimate of drug-likeness (QED) is 0.741. The van der Waals surface area contributed by atoms with E-state index in [9.17, 15) is 9.59 Å². The predicted octanol–water partition coefficient (Wildman–Crippen LogP) is 2.03. The van der Waals surface area contributed by atoms with Crippen LogP contribution in [0.5, 0.6) is 0 Å². The number of hydrogen-bond acceptors (Lipinski definition) is 6. The minimum atomic E-state index is -1.18. The SMILES string of the molecule is COC(=O)[C@H](OC(=O)c1cccc2cn[nH]c12)c1cccnc1. The maximum absolute atomic E-state index is 12.5. The number of para-hydroxylation sites is 1. The highest BCUT2D eigenvalue weighted by Gasteiger charge is 2.27. The Balaban J connectivity index is 1.92. The van der Waals surface area contributed by atoms with Crippen molar-refractivity contribution in [1.82, 2.24) is 15.2 Å². The third-order valence-corrected chi connectivity index (χ3v) is 3.32. The van der Waals surface area contributed by atoms with Gasteiger partial charge in [-0.25, -0.2) is 9.59 Å². The number of nitrogens with one attached hydrogen (secondary N) is 1. The van der Waals surface area contributed by atoms with Crippen LogP contribution >= 0.6 is 0 Å². The first kappa shape index (κ1) is 14.7. The minimum Gasteiger partial charge on any atom is -0.466 e. The number of esters is 2. The van der Waals surface area contributed by atoms with E-state index in [4.69, 9.17) is 9.47 Å². The van der Waals surface area contributed by atoms with Gasteiger partial charge in [-0.2, -0.15) is 5.10 Å². The lowest BCUT2D eigenvalue weighted by Crippen LogP contribution is -2.21. The van der Waals surface area contributed by atoms with E-state index in [1.165, 1.54) is 13.3 Å². The first-order chi connectivity index (χ1) is 11.2. The number of ether oxygens (including phenoxy) is 2. The van der Waals surface area contributed by atoms with E-state index < -0.39 is 18.0 Å². The van der Waals surface area contributed by atoms with Crippen LogP contribution in [-0.4, -0.2) is 34.2 Å². The number of hydrogen-bond donors (Lipinski definition) is 1. The van der Waals surface area contributed by atoms with Crippen LogP contribution in [0.25, 0.3) is 10.9 Å². The van der Waals surface area contributed by atoms with Crippen LogP contribution in [0.1, 0.15) is 22.0 Å². The summed E-state index contributed by atoms with van der Waals surface area (Å²) in [5.74, 6) is -1.33. The van der Waals surface area contributed by atoms with Crippen molar-refractivity contribution >= 4 is 22.8 Å². The molecule has 7 heteroatoms. The second-order valence-electron chi connectivity index (χ2n) is 4.73. The Morgan fingerprint density at radius 3 is 2.78 bits per heavy atom. The van der Waals surface area contributed by atoms with Crippen LogP contribution in [0.3, 0.4) is 0 Å². The Hall–Kier alpha value is -3.22. The molecule has 3 rings (SSSR count). The molecule has 1 aromatic carbocycles. The second-order valence-corrected chi connectivity index (χ2v) is 4.73. The molecule has 0 bridgehead atoms. The van der Waals surface area contributed by atoms with E-state index in [-0.39, 0.29) is 5.56 Å². The van der Waals surface area contributed by atoms with Crippen LogP contribution in [0, 0.1) is 0 Å². The number of methoxy groups -OCH3 is 1. The molecule has 1 N–H and O–H groups in total. The van der Waals surface area contributed by atoms with Crippen molar-refractivity contribution in [2.24, 2.45) is 0 Å². The number of aromatic nitrogens is 3. The highest BCUT2D eigenvalue weighted by molar-refractivity contribution is 6.03. The molecule has 0 unspecified atom stereocenters. The van der Waals surface area contributed by atoms with Gasteiger partial charge in [0.1, 0.15) is 0 Å². The fourth-order valence-electron chi connectivity index (χ4n) is 2.20. The smallest absolute Gasteiger partial charge is 0.352 e. The average Bonchev–Trinajstić information content (AvgIpc) is 3.08. The van der Waals surface area contributed by atoms with E-state index in [2.05, 4.69) is 15.2 Å². The van der Waals surface area contributed by atoms with E-state index in [1.54, 1.807) is 36.7 Å². The van der Waals surface area contributed by atoms with Crippen molar-refractivity contribution in [2.45, 2.75) is 6.10 Å². The highest BCUT2D eigenvalue weighted by atomic mass is 16.6. The Morgan fingerprint density at radius 2 is 2.04 bits per heavy atom. The lowest BCUT2D eigenvalue weighted by Gasteiger charge is -2.15. The molecule has 2 heterocycles. The third-order valence-electron chi connectivity index (χ3n) is 3.32. The third kappa shape index (κ3) is 2.89. The van der Waals surface area contributed by atoms with Gasteiger partial charge in [-0.3, -0.25) is 10.1 Å². The van der Waals surface area contributed by atoms with Gasteiger partial charge in [0.15, 0.2) is 0 Å². The summed E-state index contributed by atoms with van der Waals surface area (Å²) in [5, 5.41) is 7.42. The Bertz CT molecular complexity index is 845. The number of carbonyl (C=O) groups excluding carboxylic acids is 2. The lowest BCUT2D eigenvalue weighted by atomic mass is 10.1. The summed E-state index contributed by atoms with van der Waals surface area (Å²) >= 11 is 0. The molecular weight excluding hydrogens is 298 g/mol. The molecule has 0 aliphatic carbocycles. The Labute approximate surface area is 131 Å². The van der Waals surface area contributed by atoms with Crippen LogP contribution in [-0.2, 0) is 14.3 Å². The molecule has 0 radical (unpaired) electrons.